The van der Waals surface area contributed by atoms with Crippen LogP contribution in [0.3, 0.4) is 0 Å². The Hall–Kier alpha value is -1.11. The van der Waals surface area contributed by atoms with Gasteiger partial charge in [-0.2, -0.15) is 0 Å². The molecule has 2 atom stereocenters. The number of benzene rings is 1. The summed E-state index contributed by atoms with van der Waals surface area (Å²) in [6.45, 7) is 3.26. The Morgan fingerprint density at radius 2 is 2.21 bits per heavy atom. The Balaban J connectivity index is 0.00000208. The first-order chi connectivity index (χ1) is 11.1. The summed E-state index contributed by atoms with van der Waals surface area (Å²) in [7, 11) is 0. The molecular weight excluding hydrogens is 394 g/mol. The van der Waals surface area contributed by atoms with Gasteiger partial charge in [-0.1, -0.05) is 22.0 Å². The van der Waals surface area contributed by atoms with Crippen molar-refractivity contribution in [2.75, 3.05) is 31.1 Å². The lowest BCUT2D eigenvalue weighted by Crippen LogP contribution is -2.42. The molecule has 0 bridgehead atoms. The van der Waals surface area contributed by atoms with Gasteiger partial charge in [-0.15, -0.1) is 12.4 Å². The zero-order valence-electron chi connectivity index (χ0n) is 13.5. The summed E-state index contributed by atoms with van der Waals surface area (Å²) in [5.74, 6) is -0.295. The number of amides is 2. The van der Waals surface area contributed by atoms with E-state index in [1.165, 1.54) is 0 Å². The van der Waals surface area contributed by atoms with Crippen molar-refractivity contribution in [3.05, 3.63) is 28.7 Å². The topological polar surface area (TPSA) is 61.4 Å². The number of carbonyl (C=O) groups is 2. The van der Waals surface area contributed by atoms with E-state index >= 15 is 0 Å². The largest absolute Gasteiger partial charge is 0.355 e. The molecular formula is C17H23BrClN3O2. The van der Waals surface area contributed by atoms with Crippen molar-refractivity contribution < 1.29 is 9.59 Å². The standard InChI is InChI=1S/C17H22BrN3O2.ClH/c18-13-4-1-5-14(9-13)21-8-6-15(17(21)23)16(22)20-11-12-3-2-7-19-10-12;/h1,4-5,9,12,15,19H,2-3,6-8,10-11H2,(H,20,22);1H. The third-order valence-electron chi connectivity index (χ3n) is 4.61. The zero-order chi connectivity index (χ0) is 16.2. The summed E-state index contributed by atoms with van der Waals surface area (Å²) in [5, 5.41) is 6.31. The van der Waals surface area contributed by atoms with Gasteiger partial charge in [-0.05, 0) is 56.5 Å². The van der Waals surface area contributed by atoms with E-state index in [1.54, 1.807) is 4.90 Å². The summed E-state index contributed by atoms with van der Waals surface area (Å²) >= 11 is 3.42. The molecule has 0 saturated carbocycles. The van der Waals surface area contributed by atoms with Gasteiger partial charge in [0.25, 0.3) is 0 Å². The van der Waals surface area contributed by atoms with Crippen LogP contribution >= 0.6 is 28.3 Å². The lowest BCUT2D eigenvalue weighted by Gasteiger charge is -2.23. The smallest absolute Gasteiger partial charge is 0.239 e. The van der Waals surface area contributed by atoms with E-state index in [0.717, 1.165) is 36.1 Å². The maximum absolute atomic E-state index is 12.5. The number of hydrogen-bond acceptors (Lipinski definition) is 3. The van der Waals surface area contributed by atoms with Crippen LogP contribution in [0.15, 0.2) is 28.7 Å². The number of hydrogen-bond donors (Lipinski definition) is 2. The molecule has 2 unspecified atom stereocenters. The first kappa shape index (κ1) is 19.2. The van der Waals surface area contributed by atoms with Crippen LogP contribution in [0.2, 0.25) is 0 Å². The van der Waals surface area contributed by atoms with Crippen molar-refractivity contribution in [2.45, 2.75) is 19.3 Å². The van der Waals surface area contributed by atoms with E-state index in [9.17, 15) is 9.59 Å². The van der Waals surface area contributed by atoms with Crippen molar-refractivity contribution in [1.29, 1.82) is 0 Å². The Labute approximate surface area is 157 Å². The normalized spacial score (nSPS) is 23.7. The fourth-order valence-electron chi connectivity index (χ4n) is 3.29. The highest BCUT2D eigenvalue weighted by atomic mass is 79.9. The van der Waals surface area contributed by atoms with Gasteiger partial charge >= 0.3 is 0 Å². The second-order valence-electron chi connectivity index (χ2n) is 6.27. The first-order valence-corrected chi connectivity index (χ1v) is 9.00. The van der Waals surface area contributed by atoms with Crippen molar-refractivity contribution in [3.63, 3.8) is 0 Å². The van der Waals surface area contributed by atoms with E-state index in [-0.39, 0.29) is 24.2 Å². The molecule has 2 aliphatic rings. The SMILES string of the molecule is Cl.O=C(NCC1CCCNC1)C1CCN(c2cccc(Br)c2)C1=O. The molecule has 0 spiro atoms. The van der Waals surface area contributed by atoms with Crippen LogP contribution in [0, 0.1) is 11.8 Å². The van der Waals surface area contributed by atoms with Gasteiger partial charge < -0.3 is 15.5 Å². The fraction of sp³-hybridized carbons (Fsp3) is 0.529. The monoisotopic (exact) mass is 415 g/mol. The third-order valence-corrected chi connectivity index (χ3v) is 5.10. The summed E-state index contributed by atoms with van der Waals surface area (Å²) in [4.78, 5) is 26.6. The van der Waals surface area contributed by atoms with E-state index in [2.05, 4.69) is 26.6 Å². The molecule has 24 heavy (non-hydrogen) atoms. The minimum atomic E-state index is -0.550. The molecule has 2 fully saturated rings. The Morgan fingerprint density at radius 1 is 1.38 bits per heavy atom. The molecule has 2 amide bonds. The summed E-state index contributed by atoms with van der Waals surface area (Å²) in [6, 6.07) is 7.63. The van der Waals surface area contributed by atoms with Crippen LogP contribution in [0.1, 0.15) is 19.3 Å². The molecule has 7 heteroatoms. The van der Waals surface area contributed by atoms with Crippen molar-refractivity contribution in [3.8, 4) is 0 Å². The number of rotatable bonds is 4. The van der Waals surface area contributed by atoms with Crippen LogP contribution in [0.4, 0.5) is 5.69 Å². The summed E-state index contributed by atoms with van der Waals surface area (Å²) < 4.78 is 0.931. The van der Waals surface area contributed by atoms with Crippen molar-refractivity contribution >= 4 is 45.8 Å². The molecule has 5 nitrogen and oxygen atoms in total. The average molecular weight is 417 g/mol. The lowest BCUT2D eigenvalue weighted by atomic mass is 9.99. The molecule has 3 rings (SSSR count). The molecule has 0 aliphatic carbocycles. The minimum absolute atomic E-state index is 0. The predicted molar refractivity (Wildman–Crippen MR) is 100 cm³/mol. The number of nitrogens with one attached hydrogen (secondary N) is 2. The number of nitrogens with zero attached hydrogens (tertiary/aromatic N) is 1. The molecule has 1 aromatic rings. The van der Waals surface area contributed by atoms with E-state index in [4.69, 9.17) is 0 Å². The molecule has 0 aromatic heterocycles. The van der Waals surface area contributed by atoms with Gasteiger partial charge in [0.2, 0.25) is 11.8 Å². The molecule has 2 heterocycles. The first-order valence-electron chi connectivity index (χ1n) is 8.20. The number of piperidine rings is 1. The molecule has 2 aliphatic heterocycles. The van der Waals surface area contributed by atoms with Crippen molar-refractivity contribution in [2.24, 2.45) is 11.8 Å². The van der Waals surface area contributed by atoms with Crippen LogP contribution in [-0.4, -0.2) is 38.0 Å². The summed E-state index contributed by atoms with van der Waals surface area (Å²) in [6.07, 6.45) is 2.87. The average Bonchev–Trinajstić information content (AvgIpc) is 2.95. The van der Waals surface area contributed by atoms with E-state index < -0.39 is 5.92 Å². The molecule has 0 radical (unpaired) electrons. The zero-order valence-corrected chi connectivity index (χ0v) is 15.9. The highest BCUT2D eigenvalue weighted by Crippen LogP contribution is 2.27. The van der Waals surface area contributed by atoms with Crippen LogP contribution in [0.5, 0.6) is 0 Å². The minimum Gasteiger partial charge on any atom is -0.355 e. The number of carbonyl (C=O) groups excluding carboxylic acids is 2. The lowest BCUT2D eigenvalue weighted by molar-refractivity contribution is -0.132. The van der Waals surface area contributed by atoms with Crippen LogP contribution < -0.4 is 15.5 Å². The van der Waals surface area contributed by atoms with E-state index in [1.807, 2.05) is 24.3 Å². The predicted octanol–water partition coefficient (Wildman–Crippen LogP) is 2.34. The van der Waals surface area contributed by atoms with Gasteiger partial charge in [0.15, 0.2) is 0 Å². The van der Waals surface area contributed by atoms with Crippen LogP contribution in [0.25, 0.3) is 0 Å². The Bertz CT molecular complexity index is 593. The quantitative estimate of drug-likeness (QED) is 0.741. The maximum Gasteiger partial charge on any atom is 0.239 e. The molecule has 132 valence electrons. The maximum atomic E-state index is 12.5. The molecule has 1 aromatic carbocycles. The second kappa shape index (κ2) is 8.83. The van der Waals surface area contributed by atoms with Gasteiger partial charge in [0, 0.05) is 23.2 Å². The third kappa shape index (κ3) is 4.49. The fourth-order valence-corrected chi connectivity index (χ4v) is 3.68. The Morgan fingerprint density at radius 3 is 2.92 bits per heavy atom. The van der Waals surface area contributed by atoms with Gasteiger partial charge in [0.1, 0.15) is 5.92 Å². The van der Waals surface area contributed by atoms with Gasteiger partial charge in [0.05, 0.1) is 0 Å². The number of anilines is 1. The Kier molecular flexibility index (Phi) is 7.07. The molecule has 2 N–H and O–H groups in total. The summed E-state index contributed by atoms with van der Waals surface area (Å²) in [5.41, 5.74) is 0.844. The van der Waals surface area contributed by atoms with Crippen LogP contribution in [-0.2, 0) is 9.59 Å². The van der Waals surface area contributed by atoms with Gasteiger partial charge in [-0.3, -0.25) is 9.59 Å². The highest BCUT2D eigenvalue weighted by molar-refractivity contribution is 9.10. The number of halogens is 2. The van der Waals surface area contributed by atoms with Crippen molar-refractivity contribution in [1.82, 2.24) is 10.6 Å². The highest BCUT2D eigenvalue weighted by Gasteiger charge is 2.37. The molecule has 2 saturated heterocycles. The second-order valence-corrected chi connectivity index (χ2v) is 7.18. The van der Waals surface area contributed by atoms with E-state index in [0.29, 0.717) is 25.4 Å². The van der Waals surface area contributed by atoms with Gasteiger partial charge in [-0.25, -0.2) is 0 Å².